The lowest BCUT2D eigenvalue weighted by Crippen LogP contribution is -2.44. The Labute approximate surface area is 135 Å². The number of hydrogen-bond donors (Lipinski definition) is 1. The first-order valence-corrected chi connectivity index (χ1v) is 8.22. The molecule has 2 aromatic rings. The molecule has 1 spiro atoms. The summed E-state index contributed by atoms with van der Waals surface area (Å²) in [5.74, 6) is 0.966. The normalized spacial score (nSPS) is 23.8. The maximum absolute atomic E-state index is 9.77. The molecule has 1 N–H and O–H groups in total. The summed E-state index contributed by atoms with van der Waals surface area (Å²) in [6, 6.07) is 2.08. The highest BCUT2D eigenvalue weighted by Crippen LogP contribution is 2.38. The van der Waals surface area contributed by atoms with Crippen molar-refractivity contribution in [2.75, 3.05) is 24.6 Å². The van der Waals surface area contributed by atoms with Gasteiger partial charge in [0.25, 0.3) is 0 Å². The van der Waals surface area contributed by atoms with Gasteiger partial charge >= 0.3 is 0 Å². The van der Waals surface area contributed by atoms with Crippen LogP contribution in [0.3, 0.4) is 0 Å². The van der Waals surface area contributed by atoms with Crippen LogP contribution < -0.4 is 4.90 Å². The minimum atomic E-state index is -0.309. The number of anilines is 1. The van der Waals surface area contributed by atoms with Crippen molar-refractivity contribution >= 4 is 16.9 Å². The Morgan fingerprint density at radius 1 is 1.26 bits per heavy atom. The molecule has 4 heterocycles. The second kappa shape index (κ2) is 5.39. The second-order valence-electron chi connectivity index (χ2n) is 6.82. The Morgan fingerprint density at radius 2 is 2.04 bits per heavy atom. The molecule has 2 aliphatic rings. The zero-order chi connectivity index (χ0) is 16.0. The van der Waals surface area contributed by atoms with E-state index in [1.165, 1.54) is 0 Å². The average molecular weight is 314 g/mol. The van der Waals surface area contributed by atoms with Crippen LogP contribution in [0.1, 0.15) is 30.5 Å². The summed E-state index contributed by atoms with van der Waals surface area (Å²) in [4.78, 5) is 15.7. The molecule has 2 fully saturated rings. The summed E-state index contributed by atoms with van der Waals surface area (Å²) >= 11 is 0. The molecule has 6 heteroatoms. The minimum Gasteiger partial charge on any atom is -0.391 e. The van der Waals surface area contributed by atoms with Gasteiger partial charge in [-0.15, -0.1) is 0 Å². The summed E-state index contributed by atoms with van der Waals surface area (Å²) in [5, 5.41) is 10.8. The van der Waals surface area contributed by atoms with Gasteiger partial charge in [-0.25, -0.2) is 15.0 Å². The first kappa shape index (κ1) is 14.8. The third kappa shape index (κ3) is 2.56. The fourth-order valence-corrected chi connectivity index (χ4v) is 3.92. The van der Waals surface area contributed by atoms with E-state index in [0.29, 0.717) is 6.61 Å². The summed E-state index contributed by atoms with van der Waals surface area (Å²) in [6.45, 7) is 6.31. The third-order valence-electron chi connectivity index (χ3n) is 5.07. The topological polar surface area (TPSA) is 71.4 Å². The largest absolute Gasteiger partial charge is 0.391 e. The lowest BCUT2D eigenvalue weighted by atomic mass is 9.88. The fraction of sp³-hybridized carbons (Fsp3) is 0.588. The first-order valence-electron chi connectivity index (χ1n) is 8.22. The van der Waals surface area contributed by atoms with Gasteiger partial charge in [0.2, 0.25) is 0 Å². The molecule has 6 nitrogen and oxygen atoms in total. The van der Waals surface area contributed by atoms with Crippen LogP contribution in [0.2, 0.25) is 0 Å². The molecule has 1 atom stereocenters. The summed E-state index contributed by atoms with van der Waals surface area (Å²) in [7, 11) is 0. The molecule has 0 bridgehead atoms. The number of fused-ring (bicyclic) bond motifs is 1. The Hall–Kier alpha value is -1.79. The van der Waals surface area contributed by atoms with Gasteiger partial charge in [-0.2, -0.15) is 0 Å². The molecule has 4 rings (SSSR count). The van der Waals surface area contributed by atoms with Crippen molar-refractivity contribution in [2.45, 2.75) is 44.8 Å². The molecular formula is C17H22N4O2. The SMILES string of the molecule is Cc1cc(C)c2c(N3CCC4(CC3)C[C@@H](O)CO4)ncnc2n1. The van der Waals surface area contributed by atoms with Gasteiger partial charge in [0.15, 0.2) is 5.65 Å². The number of aliphatic hydroxyl groups is 1. The number of aliphatic hydroxyl groups excluding tert-OH is 1. The van der Waals surface area contributed by atoms with E-state index in [0.717, 1.165) is 60.5 Å². The highest BCUT2D eigenvalue weighted by Gasteiger charge is 2.42. The molecule has 2 aromatic heterocycles. The van der Waals surface area contributed by atoms with Crippen LogP contribution in [-0.2, 0) is 4.74 Å². The minimum absolute atomic E-state index is 0.136. The Bertz CT molecular complexity index is 741. The van der Waals surface area contributed by atoms with Crippen LogP contribution in [-0.4, -0.2) is 51.5 Å². The van der Waals surface area contributed by atoms with Crippen molar-refractivity contribution in [3.05, 3.63) is 23.7 Å². The van der Waals surface area contributed by atoms with Crippen molar-refractivity contribution in [1.29, 1.82) is 0 Å². The standard InChI is InChI=1S/C17H22N4O2/c1-11-7-12(2)20-15-14(11)16(19-10-18-15)21-5-3-17(4-6-21)8-13(22)9-23-17/h7,10,13,22H,3-6,8-9H2,1-2H3/t13-/m1/s1. The Morgan fingerprint density at radius 3 is 2.74 bits per heavy atom. The molecule has 0 radical (unpaired) electrons. The molecule has 2 aliphatic heterocycles. The van der Waals surface area contributed by atoms with Crippen LogP contribution in [0, 0.1) is 13.8 Å². The van der Waals surface area contributed by atoms with Crippen molar-refractivity contribution in [2.24, 2.45) is 0 Å². The average Bonchev–Trinajstić information content (AvgIpc) is 2.88. The van der Waals surface area contributed by atoms with E-state index in [1.54, 1.807) is 6.33 Å². The lowest BCUT2D eigenvalue weighted by Gasteiger charge is -2.39. The van der Waals surface area contributed by atoms with Gasteiger partial charge in [0, 0.05) is 25.2 Å². The first-order chi connectivity index (χ1) is 11.1. The van der Waals surface area contributed by atoms with Crippen LogP contribution in [0.4, 0.5) is 5.82 Å². The van der Waals surface area contributed by atoms with Gasteiger partial charge in [-0.3, -0.25) is 0 Å². The number of aromatic nitrogens is 3. The van der Waals surface area contributed by atoms with Crippen LogP contribution in [0.5, 0.6) is 0 Å². The van der Waals surface area contributed by atoms with E-state index >= 15 is 0 Å². The zero-order valence-electron chi connectivity index (χ0n) is 13.6. The van der Waals surface area contributed by atoms with Gasteiger partial charge in [-0.05, 0) is 38.3 Å². The Kier molecular flexibility index (Phi) is 3.46. The fourth-order valence-electron chi connectivity index (χ4n) is 3.92. The van der Waals surface area contributed by atoms with Crippen molar-refractivity contribution in [3.8, 4) is 0 Å². The van der Waals surface area contributed by atoms with E-state index in [2.05, 4.69) is 32.8 Å². The predicted octanol–water partition coefficient (Wildman–Crippen LogP) is 1.76. The highest BCUT2D eigenvalue weighted by atomic mass is 16.5. The van der Waals surface area contributed by atoms with Crippen LogP contribution in [0.15, 0.2) is 12.4 Å². The van der Waals surface area contributed by atoms with Crippen molar-refractivity contribution < 1.29 is 9.84 Å². The van der Waals surface area contributed by atoms with E-state index < -0.39 is 0 Å². The highest BCUT2D eigenvalue weighted by molar-refractivity contribution is 5.90. The molecule has 0 aromatic carbocycles. The molecule has 0 saturated carbocycles. The second-order valence-corrected chi connectivity index (χ2v) is 6.82. The predicted molar refractivity (Wildman–Crippen MR) is 87.6 cm³/mol. The monoisotopic (exact) mass is 314 g/mol. The van der Waals surface area contributed by atoms with Gasteiger partial charge < -0.3 is 14.7 Å². The summed E-state index contributed by atoms with van der Waals surface area (Å²) in [6.07, 6.45) is 3.90. The summed E-state index contributed by atoms with van der Waals surface area (Å²) < 4.78 is 5.88. The van der Waals surface area contributed by atoms with E-state index in [9.17, 15) is 5.11 Å². The van der Waals surface area contributed by atoms with E-state index in [1.807, 2.05) is 6.92 Å². The number of hydrogen-bond acceptors (Lipinski definition) is 6. The van der Waals surface area contributed by atoms with Gasteiger partial charge in [0.1, 0.15) is 12.1 Å². The van der Waals surface area contributed by atoms with Gasteiger partial charge in [0.05, 0.1) is 23.7 Å². The smallest absolute Gasteiger partial charge is 0.165 e. The molecule has 0 aliphatic carbocycles. The van der Waals surface area contributed by atoms with Crippen molar-refractivity contribution in [3.63, 3.8) is 0 Å². The number of pyridine rings is 1. The van der Waals surface area contributed by atoms with Crippen molar-refractivity contribution in [1.82, 2.24) is 15.0 Å². The molecular weight excluding hydrogens is 292 g/mol. The van der Waals surface area contributed by atoms with E-state index in [4.69, 9.17) is 4.74 Å². The Balaban J connectivity index is 1.64. The van der Waals surface area contributed by atoms with E-state index in [-0.39, 0.29) is 11.7 Å². The molecule has 0 amide bonds. The molecule has 0 unspecified atom stereocenters. The lowest BCUT2D eigenvalue weighted by molar-refractivity contribution is -0.0167. The zero-order valence-corrected chi connectivity index (χ0v) is 13.6. The third-order valence-corrected chi connectivity index (χ3v) is 5.07. The quantitative estimate of drug-likeness (QED) is 0.865. The molecule has 122 valence electrons. The molecule has 23 heavy (non-hydrogen) atoms. The maximum atomic E-state index is 9.77. The van der Waals surface area contributed by atoms with Gasteiger partial charge in [-0.1, -0.05) is 0 Å². The summed E-state index contributed by atoms with van der Waals surface area (Å²) in [5.41, 5.74) is 2.77. The number of piperidine rings is 1. The number of nitrogens with zero attached hydrogens (tertiary/aromatic N) is 4. The number of ether oxygens (including phenoxy) is 1. The number of rotatable bonds is 1. The molecule has 2 saturated heterocycles. The van der Waals surface area contributed by atoms with Crippen LogP contribution in [0.25, 0.3) is 11.0 Å². The number of aryl methyl sites for hydroxylation is 2. The van der Waals surface area contributed by atoms with Crippen LogP contribution >= 0.6 is 0 Å². The maximum Gasteiger partial charge on any atom is 0.165 e.